The Labute approximate surface area is 127 Å². The molecule has 1 aliphatic carbocycles. The van der Waals surface area contributed by atoms with E-state index in [1.807, 2.05) is 0 Å². The van der Waals surface area contributed by atoms with Crippen molar-refractivity contribution in [3.05, 3.63) is 16.1 Å². The van der Waals surface area contributed by atoms with Crippen molar-refractivity contribution in [3.8, 4) is 0 Å². The van der Waals surface area contributed by atoms with Crippen LogP contribution in [0.15, 0.2) is 5.38 Å². The molecule has 0 aromatic carbocycles. The molecule has 0 unspecified atom stereocenters. The molecule has 1 aromatic heterocycles. The number of hydrogen-bond acceptors (Lipinski definition) is 4. The second-order valence-corrected chi connectivity index (χ2v) is 7.89. The summed E-state index contributed by atoms with van der Waals surface area (Å²) < 4.78 is 6.03. The summed E-state index contributed by atoms with van der Waals surface area (Å²) in [4.78, 5) is 4.63. The van der Waals surface area contributed by atoms with Crippen LogP contribution in [-0.4, -0.2) is 17.1 Å². The third-order valence-electron chi connectivity index (χ3n) is 4.01. The number of nitrogens with one attached hydrogen (secondary N) is 1. The highest BCUT2D eigenvalue weighted by Gasteiger charge is 2.27. The Bertz CT molecular complexity index is 404. The van der Waals surface area contributed by atoms with Gasteiger partial charge in [-0.25, -0.2) is 4.98 Å². The maximum Gasteiger partial charge on any atom is 0.107 e. The predicted molar refractivity (Wildman–Crippen MR) is 84.9 cm³/mol. The van der Waals surface area contributed by atoms with Crippen LogP contribution in [0.1, 0.15) is 64.1 Å². The van der Waals surface area contributed by atoms with Crippen molar-refractivity contribution in [2.45, 2.75) is 78.7 Å². The zero-order valence-corrected chi connectivity index (χ0v) is 14.1. The fourth-order valence-corrected chi connectivity index (χ4v) is 3.26. The van der Waals surface area contributed by atoms with Gasteiger partial charge in [-0.1, -0.05) is 27.7 Å². The summed E-state index contributed by atoms with van der Waals surface area (Å²) in [7, 11) is 0. The molecule has 20 heavy (non-hydrogen) atoms. The minimum atomic E-state index is 0.432. The molecule has 1 saturated carbocycles. The van der Waals surface area contributed by atoms with Crippen molar-refractivity contribution in [2.75, 3.05) is 0 Å². The van der Waals surface area contributed by atoms with Crippen LogP contribution >= 0.6 is 11.3 Å². The Morgan fingerprint density at radius 1 is 1.40 bits per heavy atom. The van der Waals surface area contributed by atoms with Gasteiger partial charge in [-0.3, -0.25) is 0 Å². The van der Waals surface area contributed by atoms with Crippen LogP contribution in [0, 0.1) is 5.41 Å². The van der Waals surface area contributed by atoms with Gasteiger partial charge in [0.1, 0.15) is 5.01 Å². The molecule has 1 aromatic rings. The first-order valence-corrected chi connectivity index (χ1v) is 8.61. The molecule has 2 rings (SSSR count). The molecule has 4 heteroatoms. The average Bonchev–Trinajstić information content (AvgIpc) is 2.83. The molecule has 0 bridgehead atoms. The van der Waals surface area contributed by atoms with E-state index in [2.05, 4.69) is 43.4 Å². The van der Waals surface area contributed by atoms with E-state index >= 15 is 0 Å². The van der Waals surface area contributed by atoms with E-state index in [9.17, 15) is 0 Å². The molecule has 1 aliphatic rings. The Hall–Kier alpha value is -0.450. The number of ether oxygens (including phenoxy) is 1. The molecular formula is C16H28N2OS. The predicted octanol–water partition coefficient (Wildman–Crippen LogP) is 4.13. The molecule has 0 saturated heterocycles. The van der Waals surface area contributed by atoms with E-state index < -0.39 is 0 Å². The first kappa shape index (κ1) is 15.9. The largest absolute Gasteiger partial charge is 0.372 e. The molecule has 1 N–H and O–H groups in total. The van der Waals surface area contributed by atoms with E-state index in [0.29, 0.717) is 24.2 Å². The zero-order valence-electron chi connectivity index (χ0n) is 13.2. The van der Waals surface area contributed by atoms with Crippen LogP contribution in [0.5, 0.6) is 0 Å². The van der Waals surface area contributed by atoms with Gasteiger partial charge >= 0.3 is 0 Å². The third-order valence-corrected chi connectivity index (χ3v) is 4.91. The molecule has 0 spiro atoms. The van der Waals surface area contributed by atoms with Crippen molar-refractivity contribution < 1.29 is 4.74 Å². The van der Waals surface area contributed by atoms with Gasteiger partial charge in [-0.15, -0.1) is 11.3 Å². The number of rotatable bonds is 6. The molecule has 1 heterocycles. The molecule has 0 aliphatic heterocycles. The van der Waals surface area contributed by atoms with E-state index in [0.717, 1.165) is 17.2 Å². The number of thiazole rings is 1. The smallest absolute Gasteiger partial charge is 0.107 e. The van der Waals surface area contributed by atoms with Crippen LogP contribution in [-0.2, 0) is 17.9 Å². The number of hydrogen-bond donors (Lipinski definition) is 1. The highest BCUT2D eigenvalue weighted by molar-refractivity contribution is 7.09. The molecular weight excluding hydrogens is 268 g/mol. The summed E-state index contributed by atoms with van der Waals surface area (Å²) in [5, 5.41) is 6.68. The minimum Gasteiger partial charge on any atom is -0.372 e. The summed E-state index contributed by atoms with van der Waals surface area (Å²) >= 11 is 1.72. The molecule has 0 amide bonds. The fraction of sp³-hybridized carbons (Fsp3) is 0.812. The van der Waals surface area contributed by atoms with Crippen molar-refractivity contribution in [3.63, 3.8) is 0 Å². The van der Waals surface area contributed by atoms with Gasteiger partial charge < -0.3 is 10.1 Å². The summed E-state index contributed by atoms with van der Waals surface area (Å²) in [5.41, 5.74) is 1.59. The van der Waals surface area contributed by atoms with E-state index in [4.69, 9.17) is 4.74 Å². The van der Waals surface area contributed by atoms with Crippen LogP contribution in [0.25, 0.3) is 0 Å². The summed E-state index contributed by atoms with van der Waals surface area (Å²) in [5.74, 6) is 0. The molecule has 114 valence electrons. The van der Waals surface area contributed by atoms with E-state index in [1.165, 1.54) is 25.7 Å². The van der Waals surface area contributed by atoms with Gasteiger partial charge in [-0.05, 0) is 31.1 Å². The highest BCUT2D eigenvalue weighted by Crippen LogP contribution is 2.36. The van der Waals surface area contributed by atoms with Crippen molar-refractivity contribution in [1.29, 1.82) is 0 Å². The quantitative estimate of drug-likeness (QED) is 0.857. The lowest BCUT2D eigenvalue weighted by Gasteiger charge is -2.34. The first-order chi connectivity index (χ1) is 9.44. The van der Waals surface area contributed by atoms with E-state index in [-0.39, 0.29) is 0 Å². The maximum atomic E-state index is 6.03. The lowest BCUT2D eigenvalue weighted by atomic mass is 9.76. The second-order valence-electron chi connectivity index (χ2n) is 6.94. The molecule has 3 nitrogen and oxygen atoms in total. The maximum absolute atomic E-state index is 6.03. The van der Waals surface area contributed by atoms with Crippen molar-refractivity contribution in [1.82, 2.24) is 10.3 Å². The van der Waals surface area contributed by atoms with Crippen LogP contribution in [0.2, 0.25) is 0 Å². The van der Waals surface area contributed by atoms with Gasteiger partial charge in [0.15, 0.2) is 0 Å². The monoisotopic (exact) mass is 296 g/mol. The van der Waals surface area contributed by atoms with Crippen molar-refractivity contribution in [2.24, 2.45) is 5.41 Å². The molecule has 1 fully saturated rings. The van der Waals surface area contributed by atoms with Gasteiger partial charge in [0, 0.05) is 18.0 Å². The first-order valence-electron chi connectivity index (χ1n) is 7.73. The standard InChI is InChI=1S/C16H28N2OS/c1-12(2)17-9-15-18-13(11-20-15)10-19-14-5-7-16(3,4)8-6-14/h11-12,14,17H,5-10H2,1-4H3. The Balaban J connectivity index is 1.72. The third kappa shape index (κ3) is 5.15. The Kier molecular flexibility index (Phi) is 5.58. The lowest BCUT2D eigenvalue weighted by Crippen LogP contribution is -2.26. The molecule has 0 radical (unpaired) electrons. The van der Waals surface area contributed by atoms with E-state index in [1.54, 1.807) is 11.3 Å². The topological polar surface area (TPSA) is 34.2 Å². The number of aromatic nitrogens is 1. The Morgan fingerprint density at radius 3 is 2.75 bits per heavy atom. The SMILES string of the molecule is CC(C)NCc1nc(COC2CCC(C)(C)CC2)cs1. The highest BCUT2D eigenvalue weighted by atomic mass is 32.1. The zero-order chi connectivity index (χ0) is 14.6. The Morgan fingerprint density at radius 2 is 2.10 bits per heavy atom. The van der Waals surface area contributed by atoms with Crippen LogP contribution < -0.4 is 5.32 Å². The molecule has 0 atom stereocenters. The summed E-state index contributed by atoms with van der Waals surface area (Å²) in [6, 6.07) is 0.504. The average molecular weight is 296 g/mol. The van der Waals surface area contributed by atoms with Gasteiger partial charge in [-0.2, -0.15) is 0 Å². The normalized spacial score (nSPS) is 19.6. The van der Waals surface area contributed by atoms with Crippen LogP contribution in [0.3, 0.4) is 0 Å². The number of nitrogens with zero attached hydrogens (tertiary/aromatic N) is 1. The second kappa shape index (κ2) is 7.01. The fourth-order valence-electron chi connectivity index (χ4n) is 2.53. The minimum absolute atomic E-state index is 0.432. The van der Waals surface area contributed by atoms with Gasteiger partial charge in [0.25, 0.3) is 0 Å². The summed E-state index contributed by atoms with van der Waals surface area (Å²) in [6.07, 6.45) is 5.37. The van der Waals surface area contributed by atoms with Crippen LogP contribution in [0.4, 0.5) is 0 Å². The van der Waals surface area contributed by atoms with Gasteiger partial charge in [0.2, 0.25) is 0 Å². The van der Waals surface area contributed by atoms with Crippen molar-refractivity contribution >= 4 is 11.3 Å². The summed E-state index contributed by atoms with van der Waals surface area (Å²) in [6.45, 7) is 10.6. The lowest BCUT2D eigenvalue weighted by molar-refractivity contribution is -0.00674. The van der Waals surface area contributed by atoms with Gasteiger partial charge in [0.05, 0.1) is 18.4 Å².